The quantitative estimate of drug-likeness (QED) is 0.704. The Morgan fingerprint density at radius 2 is 2.08 bits per heavy atom. The van der Waals surface area contributed by atoms with Gasteiger partial charge in [0.15, 0.2) is 0 Å². The average Bonchev–Trinajstić information content (AvgIpc) is 3.06. The second kappa shape index (κ2) is 10.0. The monoisotopic (exact) mass is 376 g/mol. The first-order chi connectivity index (χ1) is 12.7. The minimum Gasteiger partial charge on any atom is -0.491 e. The maximum atomic E-state index is 10.2. The molecule has 1 aromatic carbocycles. The minimum absolute atomic E-state index is 0.308. The van der Waals surface area contributed by atoms with Crippen molar-refractivity contribution in [2.45, 2.75) is 26.1 Å². The van der Waals surface area contributed by atoms with Gasteiger partial charge in [-0.15, -0.1) is 11.3 Å². The van der Waals surface area contributed by atoms with E-state index in [9.17, 15) is 5.11 Å². The van der Waals surface area contributed by atoms with E-state index in [-0.39, 0.29) is 0 Å². The maximum absolute atomic E-state index is 10.2. The number of β-amino-alcohol motifs (C(OH)–C–C–N with tert-alkyl or cyclic N) is 1. The third-order valence-corrected chi connectivity index (χ3v) is 5.34. The van der Waals surface area contributed by atoms with Crippen molar-refractivity contribution in [3.8, 4) is 5.75 Å². The molecule has 1 unspecified atom stereocenters. The van der Waals surface area contributed by atoms with Crippen LogP contribution in [0.4, 0.5) is 0 Å². The lowest BCUT2D eigenvalue weighted by molar-refractivity contribution is 0.00465. The van der Waals surface area contributed by atoms with Gasteiger partial charge in [0.2, 0.25) is 0 Å². The molecule has 1 aromatic heterocycles. The Bertz CT molecular complexity index is 671. The van der Waals surface area contributed by atoms with Crippen LogP contribution in [0.25, 0.3) is 0 Å². The largest absolute Gasteiger partial charge is 0.491 e. The number of hydrogen-bond acceptors (Lipinski definition) is 6. The van der Waals surface area contributed by atoms with Gasteiger partial charge in [0.05, 0.1) is 13.2 Å². The number of ether oxygens (including phenoxy) is 2. The molecular weight excluding hydrogens is 348 g/mol. The lowest BCUT2D eigenvalue weighted by atomic mass is 10.2. The maximum Gasteiger partial charge on any atom is 0.119 e. The molecule has 0 amide bonds. The van der Waals surface area contributed by atoms with Crippen LogP contribution in [0.5, 0.6) is 5.75 Å². The van der Waals surface area contributed by atoms with Gasteiger partial charge in [-0.05, 0) is 36.8 Å². The molecule has 2 aromatic rings. The highest BCUT2D eigenvalue weighted by Crippen LogP contribution is 2.16. The number of aliphatic hydroxyl groups is 1. The molecule has 0 saturated carbocycles. The van der Waals surface area contributed by atoms with Gasteiger partial charge in [-0.2, -0.15) is 0 Å². The fourth-order valence-corrected chi connectivity index (χ4v) is 3.84. The summed E-state index contributed by atoms with van der Waals surface area (Å²) in [7, 11) is 0. The van der Waals surface area contributed by atoms with Gasteiger partial charge in [0, 0.05) is 42.5 Å². The Labute approximate surface area is 159 Å². The predicted octanol–water partition coefficient (Wildman–Crippen LogP) is 2.42. The molecule has 2 N–H and O–H groups in total. The van der Waals surface area contributed by atoms with Gasteiger partial charge in [-0.3, -0.25) is 4.90 Å². The fourth-order valence-electron chi connectivity index (χ4n) is 2.98. The molecule has 0 bridgehead atoms. The van der Waals surface area contributed by atoms with Crippen LogP contribution in [0.3, 0.4) is 0 Å². The Hall–Kier alpha value is -1.44. The van der Waals surface area contributed by atoms with E-state index in [2.05, 4.69) is 35.3 Å². The van der Waals surface area contributed by atoms with Crippen LogP contribution in [0.2, 0.25) is 0 Å². The first-order valence-electron chi connectivity index (χ1n) is 9.15. The minimum atomic E-state index is -0.489. The van der Waals surface area contributed by atoms with Crippen molar-refractivity contribution in [2.75, 3.05) is 39.5 Å². The Morgan fingerprint density at radius 3 is 2.85 bits per heavy atom. The molecule has 1 atom stereocenters. The number of aryl methyl sites for hydroxylation is 1. The van der Waals surface area contributed by atoms with Gasteiger partial charge in [-0.25, -0.2) is 0 Å². The molecule has 142 valence electrons. The first-order valence-corrected chi connectivity index (χ1v) is 9.96. The van der Waals surface area contributed by atoms with Crippen LogP contribution in [0, 0.1) is 6.92 Å². The van der Waals surface area contributed by atoms with Crippen molar-refractivity contribution < 1.29 is 14.6 Å². The van der Waals surface area contributed by atoms with Gasteiger partial charge in [-0.1, -0.05) is 12.1 Å². The molecule has 0 radical (unpaired) electrons. The van der Waals surface area contributed by atoms with E-state index in [0.717, 1.165) is 45.1 Å². The molecule has 26 heavy (non-hydrogen) atoms. The second-order valence-electron chi connectivity index (χ2n) is 6.64. The summed E-state index contributed by atoms with van der Waals surface area (Å²) in [5.41, 5.74) is 1.18. The van der Waals surface area contributed by atoms with Crippen LogP contribution in [0.15, 0.2) is 36.4 Å². The summed E-state index contributed by atoms with van der Waals surface area (Å²) in [4.78, 5) is 4.90. The number of rotatable bonds is 9. The topological polar surface area (TPSA) is 54.0 Å². The zero-order valence-electron chi connectivity index (χ0n) is 15.3. The molecule has 1 aliphatic heterocycles. The SMILES string of the molecule is Cc1ccc(CNCc2cccc(OCC(O)CN3CCOCC3)c2)s1. The highest BCUT2D eigenvalue weighted by Gasteiger charge is 2.15. The summed E-state index contributed by atoms with van der Waals surface area (Å²) in [6.07, 6.45) is -0.489. The van der Waals surface area contributed by atoms with Crippen molar-refractivity contribution in [3.63, 3.8) is 0 Å². The number of benzene rings is 1. The second-order valence-corrected chi connectivity index (χ2v) is 8.01. The van der Waals surface area contributed by atoms with E-state index in [1.807, 2.05) is 29.5 Å². The number of aliphatic hydroxyl groups excluding tert-OH is 1. The van der Waals surface area contributed by atoms with Crippen molar-refractivity contribution in [1.29, 1.82) is 0 Å². The Kier molecular flexibility index (Phi) is 7.46. The Balaban J connectivity index is 1.40. The van der Waals surface area contributed by atoms with Gasteiger partial charge < -0.3 is 19.9 Å². The van der Waals surface area contributed by atoms with E-state index in [1.165, 1.54) is 15.3 Å². The van der Waals surface area contributed by atoms with Crippen LogP contribution in [0.1, 0.15) is 15.3 Å². The van der Waals surface area contributed by atoms with E-state index >= 15 is 0 Å². The number of nitrogens with zero attached hydrogens (tertiary/aromatic N) is 1. The van der Waals surface area contributed by atoms with Gasteiger partial charge >= 0.3 is 0 Å². The zero-order valence-corrected chi connectivity index (χ0v) is 16.1. The van der Waals surface area contributed by atoms with Crippen LogP contribution >= 0.6 is 11.3 Å². The fraction of sp³-hybridized carbons (Fsp3) is 0.500. The van der Waals surface area contributed by atoms with Gasteiger partial charge in [0.1, 0.15) is 18.5 Å². The van der Waals surface area contributed by atoms with Crippen LogP contribution in [-0.4, -0.2) is 55.6 Å². The third kappa shape index (κ3) is 6.37. The molecule has 6 heteroatoms. The lowest BCUT2D eigenvalue weighted by Crippen LogP contribution is -2.42. The van der Waals surface area contributed by atoms with E-state index in [0.29, 0.717) is 13.2 Å². The van der Waals surface area contributed by atoms with Crippen molar-refractivity contribution in [1.82, 2.24) is 10.2 Å². The molecular formula is C20H28N2O3S. The van der Waals surface area contributed by atoms with E-state index < -0.39 is 6.10 Å². The smallest absolute Gasteiger partial charge is 0.119 e. The predicted molar refractivity (Wildman–Crippen MR) is 105 cm³/mol. The molecule has 5 nitrogen and oxygen atoms in total. The van der Waals surface area contributed by atoms with Gasteiger partial charge in [0.25, 0.3) is 0 Å². The number of morpholine rings is 1. The zero-order chi connectivity index (χ0) is 18.2. The van der Waals surface area contributed by atoms with E-state index in [4.69, 9.17) is 9.47 Å². The normalized spacial score (nSPS) is 16.5. The number of nitrogens with one attached hydrogen (secondary N) is 1. The summed E-state index contributed by atoms with van der Waals surface area (Å²) in [5, 5.41) is 13.6. The summed E-state index contributed by atoms with van der Waals surface area (Å²) in [5.74, 6) is 0.803. The van der Waals surface area contributed by atoms with Crippen molar-refractivity contribution >= 4 is 11.3 Å². The van der Waals surface area contributed by atoms with Crippen molar-refractivity contribution in [2.24, 2.45) is 0 Å². The summed E-state index contributed by atoms with van der Waals surface area (Å²) in [6, 6.07) is 12.4. The highest BCUT2D eigenvalue weighted by molar-refractivity contribution is 7.11. The lowest BCUT2D eigenvalue weighted by Gasteiger charge is -2.28. The molecule has 1 aliphatic rings. The molecule has 1 fully saturated rings. The van der Waals surface area contributed by atoms with Crippen LogP contribution < -0.4 is 10.1 Å². The van der Waals surface area contributed by atoms with E-state index in [1.54, 1.807) is 0 Å². The van der Waals surface area contributed by atoms with Crippen molar-refractivity contribution in [3.05, 3.63) is 51.7 Å². The summed E-state index contributed by atoms with van der Waals surface area (Å²) in [6.45, 7) is 7.98. The summed E-state index contributed by atoms with van der Waals surface area (Å²) < 4.78 is 11.1. The molecule has 2 heterocycles. The number of hydrogen-bond donors (Lipinski definition) is 2. The molecule has 3 rings (SSSR count). The Morgan fingerprint density at radius 1 is 1.23 bits per heavy atom. The van der Waals surface area contributed by atoms with Crippen LogP contribution in [-0.2, 0) is 17.8 Å². The first kappa shape index (κ1) is 19.3. The average molecular weight is 377 g/mol. The third-order valence-electron chi connectivity index (χ3n) is 4.34. The molecule has 0 spiro atoms. The molecule has 0 aliphatic carbocycles. The standard InChI is InChI=1S/C20H28N2O3S/c1-16-5-6-20(26-16)13-21-12-17-3-2-4-19(11-17)25-15-18(23)14-22-7-9-24-10-8-22/h2-6,11,18,21,23H,7-10,12-15H2,1H3. The molecule has 1 saturated heterocycles. The summed E-state index contributed by atoms with van der Waals surface area (Å²) >= 11 is 1.82. The highest BCUT2D eigenvalue weighted by atomic mass is 32.1. The number of thiophene rings is 1.